The number of alkyl carbamates (subject to hydrolysis) is 1. The van der Waals surface area contributed by atoms with Crippen LogP contribution in [0.3, 0.4) is 0 Å². The average Bonchev–Trinajstić information content (AvgIpc) is 2.92. The summed E-state index contributed by atoms with van der Waals surface area (Å²) in [5, 5.41) is 5.66. The summed E-state index contributed by atoms with van der Waals surface area (Å²) in [5.74, 6) is -0.382. The normalized spacial score (nSPS) is 20.1. The summed E-state index contributed by atoms with van der Waals surface area (Å²) >= 11 is 6.02. The number of rotatable bonds is 3. The molecule has 2 aromatic rings. The van der Waals surface area contributed by atoms with Crippen molar-refractivity contribution in [1.29, 1.82) is 0 Å². The van der Waals surface area contributed by atoms with Gasteiger partial charge in [0, 0.05) is 0 Å². The third kappa shape index (κ3) is 2.89. The third-order valence-corrected chi connectivity index (χ3v) is 3.68. The Hall–Kier alpha value is -2.53. The number of hydrogen-bond donors (Lipinski definition) is 2. The highest BCUT2D eigenvalue weighted by atomic mass is 35.5. The lowest BCUT2D eigenvalue weighted by atomic mass is 10.0. The first-order valence-electron chi connectivity index (χ1n) is 6.72. The van der Waals surface area contributed by atoms with Crippen molar-refractivity contribution >= 4 is 29.3 Å². The Morgan fingerprint density at radius 3 is 2.50 bits per heavy atom. The van der Waals surface area contributed by atoms with Crippen LogP contribution in [0, 0.1) is 0 Å². The molecule has 0 aromatic heterocycles. The number of carbonyl (C=O) groups excluding carboxylic acids is 2. The van der Waals surface area contributed by atoms with Gasteiger partial charge in [0.15, 0.2) is 12.1 Å². The van der Waals surface area contributed by atoms with Gasteiger partial charge in [0.25, 0.3) is 5.91 Å². The average molecular weight is 317 g/mol. The van der Waals surface area contributed by atoms with E-state index in [0.717, 1.165) is 5.56 Å². The fourth-order valence-electron chi connectivity index (χ4n) is 2.30. The molecule has 1 saturated heterocycles. The summed E-state index contributed by atoms with van der Waals surface area (Å²) in [6.07, 6.45) is -1.29. The Bertz CT molecular complexity index is 706. The number of nitrogens with one attached hydrogen (secondary N) is 2. The number of para-hydroxylation sites is 1. The van der Waals surface area contributed by atoms with Crippen LogP contribution in [-0.4, -0.2) is 18.0 Å². The zero-order chi connectivity index (χ0) is 15.5. The van der Waals surface area contributed by atoms with Crippen molar-refractivity contribution in [2.45, 2.75) is 12.1 Å². The molecule has 0 spiro atoms. The highest BCUT2D eigenvalue weighted by Crippen LogP contribution is 2.28. The maximum Gasteiger partial charge on any atom is 0.408 e. The molecular weight excluding hydrogens is 304 g/mol. The Labute approximate surface area is 132 Å². The van der Waals surface area contributed by atoms with Crippen molar-refractivity contribution in [3.8, 4) is 0 Å². The summed E-state index contributed by atoms with van der Waals surface area (Å²) < 4.78 is 5.21. The van der Waals surface area contributed by atoms with E-state index in [4.69, 9.17) is 16.3 Å². The van der Waals surface area contributed by atoms with Gasteiger partial charge in [-0.15, -0.1) is 0 Å². The van der Waals surface area contributed by atoms with Gasteiger partial charge in [-0.2, -0.15) is 0 Å². The molecule has 2 aromatic carbocycles. The van der Waals surface area contributed by atoms with Gasteiger partial charge in [-0.05, 0) is 17.7 Å². The van der Waals surface area contributed by atoms with Crippen molar-refractivity contribution in [3.63, 3.8) is 0 Å². The van der Waals surface area contributed by atoms with Crippen molar-refractivity contribution in [1.82, 2.24) is 5.32 Å². The molecule has 6 heteroatoms. The third-order valence-electron chi connectivity index (χ3n) is 3.35. The second kappa shape index (κ2) is 6.07. The van der Waals surface area contributed by atoms with Crippen LogP contribution in [0.4, 0.5) is 10.5 Å². The van der Waals surface area contributed by atoms with Gasteiger partial charge in [-0.3, -0.25) is 4.79 Å². The Kier molecular flexibility index (Phi) is 3.98. The number of hydrogen-bond acceptors (Lipinski definition) is 3. The molecule has 0 aliphatic carbocycles. The molecule has 0 radical (unpaired) electrons. The minimum Gasteiger partial charge on any atom is -0.439 e. The lowest BCUT2D eigenvalue weighted by Crippen LogP contribution is -2.40. The fraction of sp³-hybridized carbons (Fsp3) is 0.125. The Morgan fingerprint density at radius 1 is 1.09 bits per heavy atom. The van der Waals surface area contributed by atoms with E-state index in [1.54, 1.807) is 36.4 Å². The molecule has 0 bridgehead atoms. The van der Waals surface area contributed by atoms with Crippen LogP contribution in [0.25, 0.3) is 0 Å². The zero-order valence-corrected chi connectivity index (χ0v) is 12.2. The van der Waals surface area contributed by atoms with Crippen LogP contribution in [0.1, 0.15) is 11.7 Å². The van der Waals surface area contributed by atoms with Crippen LogP contribution in [0.2, 0.25) is 5.02 Å². The SMILES string of the molecule is O=C1NC(C(=O)Nc2ccccc2Cl)C(c2ccccc2)O1. The molecular formula is C16H13ClN2O3. The van der Waals surface area contributed by atoms with Gasteiger partial charge in [0.1, 0.15) is 0 Å². The number of cyclic esters (lactones) is 1. The van der Waals surface area contributed by atoms with Crippen LogP contribution in [0.5, 0.6) is 0 Å². The molecule has 2 atom stereocenters. The van der Waals surface area contributed by atoms with Crippen LogP contribution < -0.4 is 10.6 Å². The quantitative estimate of drug-likeness (QED) is 0.914. The number of halogens is 1. The first-order valence-corrected chi connectivity index (χ1v) is 7.10. The lowest BCUT2D eigenvalue weighted by Gasteiger charge is -2.17. The van der Waals surface area contributed by atoms with Crippen LogP contribution in [-0.2, 0) is 9.53 Å². The number of carbonyl (C=O) groups is 2. The van der Waals surface area contributed by atoms with E-state index in [9.17, 15) is 9.59 Å². The number of ether oxygens (including phenoxy) is 1. The van der Waals surface area contributed by atoms with Crippen molar-refractivity contribution in [2.75, 3.05) is 5.32 Å². The van der Waals surface area contributed by atoms with Gasteiger partial charge in [-0.25, -0.2) is 4.79 Å². The predicted octanol–water partition coefficient (Wildman–Crippen LogP) is 3.13. The fourth-order valence-corrected chi connectivity index (χ4v) is 2.48. The molecule has 5 nitrogen and oxygen atoms in total. The molecule has 1 heterocycles. The second-order valence-electron chi connectivity index (χ2n) is 4.83. The van der Waals surface area contributed by atoms with Crippen LogP contribution >= 0.6 is 11.6 Å². The minimum absolute atomic E-state index is 0.382. The molecule has 1 aliphatic rings. The summed E-state index contributed by atoms with van der Waals surface area (Å²) in [4.78, 5) is 24.0. The number of benzene rings is 2. The van der Waals surface area contributed by atoms with Crippen molar-refractivity contribution < 1.29 is 14.3 Å². The van der Waals surface area contributed by atoms with Gasteiger partial charge in [-0.1, -0.05) is 54.1 Å². The molecule has 22 heavy (non-hydrogen) atoms. The van der Waals surface area contributed by atoms with E-state index in [0.29, 0.717) is 10.7 Å². The topological polar surface area (TPSA) is 67.4 Å². The van der Waals surface area contributed by atoms with Gasteiger partial charge >= 0.3 is 6.09 Å². The molecule has 0 saturated carbocycles. The first kappa shape index (κ1) is 14.4. The second-order valence-corrected chi connectivity index (χ2v) is 5.23. The van der Waals surface area contributed by atoms with Crippen molar-refractivity contribution in [2.24, 2.45) is 0 Å². The molecule has 1 fully saturated rings. The van der Waals surface area contributed by atoms with Crippen LogP contribution in [0.15, 0.2) is 54.6 Å². The van der Waals surface area contributed by atoms with E-state index in [1.165, 1.54) is 0 Å². The number of anilines is 1. The minimum atomic E-state index is -0.814. The standard InChI is InChI=1S/C16H13ClN2O3/c17-11-8-4-5-9-12(11)18-15(20)13-14(22-16(21)19-13)10-6-2-1-3-7-10/h1-9,13-14H,(H,18,20)(H,19,21). The van der Waals surface area contributed by atoms with Crippen molar-refractivity contribution in [3.05, 3.63) is 65.2 Å². The number of amides is 2. The van der Waals surface area contributed by atoms with Gasteiger partial charge in [0.2, 0.25) is 0 Å². The predicted molar refractivity (Wildman–Crippen MR) is 82.7 cm³/mol. The van der Waals surface area contributed by atoms with E-state index < -0.39 is 18.2 Å². The summed E-state index contributed by atoms with van der Waals surface area (Å²) in [6, 6.07) is 15.2. The smallest absolute Gasteiger partial charge is 0.408 e. The highest BCUT2D eigenvalue weighted by molar-refractivity contribution is 6.33. The van der Waals surface area contributed by atoms with E-state index in [2.05, 4.69) is 10.6 Å². The largest absolute Gasteiger partial charge is 0.439 e. The summed E-state index contributed by atoms with van der Waals surface area (Å²) in [7, 11) is 0. The molecule has 112 valence electrons. The Morgan fingerprint density at radius 2 is 1.77 bits per heavy atom. The van der Waals surface area contributed by atoms with E-state index in [-0.39, 0.29) is 5.91 Å². The lowest BCUT2D eigenvalue weighted by molar-refractivity contribution is -0.119. The zero-order valence-electron chi connectivity index (χ0n) is 11.5. The molecule has 2 unspecified atom stereocenters. The maximum atomic E-state index is 12.4. The molecule has 1 aliphatic heterocycles. The first-order chi connectivity index (χ1) is 10.6. The van der Waals surface area contributed by atoms with Gasteiger partial charge in [0.05, 0.1) is 10.7 Å². The molecule has 3 rings (SSSR count). The molecule has 2 N–H and O–H groups in total. The Balaban J connectivity index is 1.81. The maximum absolute atomic E-state index is 12.4. The van der Waals surface area contributed by atoms with Gasteiger partial charge < -0.3 is 15.4 Å². The van der Waals surface area contributed by atoms with E-state index in [1.807, 2.05) is 18.2 Å². The summed E-state index contributed by atoms with van der Waals surface area (Å²) in [5.41, 5.74) is 1.24. The highest BCUT2D eigenvalue weighted by Gasteiger charge is 2.40. The van der Waals surface area contributed by atoms with E-state index >= 15 is 0 Å². The monoisotopic (exact) mass is 316 g/mol. The molecule has 2 amide bonds. The summed E-state index contributed by atoms with van der Waals surface area (Å²) in [6.45, 7) is 0.